The van der Waals surface area contributed by atoms with Crippen LogP contribution in [0.25, 0.3) is 11.1 Å². The van der Waals surface area contributed by atoms with Gasteiger partial charge in [0.05, 0.1) is 0 Å². The Morgan fingerprint density at radius 3 is 2.67 bits per heavy atom. The van der Waals surface area contributed by atoms with Crippen LogP contribution >= 0.6 is 0 Å². The quantitative estimate of drug-likeness (QED) is 0.794. The summed E-state index contributed by atoms with van der Waals surface area (Å²) < 4.78 is 5.77. The standard InChI is InChI=1S/C18H18N2O/c19-15(14-10-13(14)12-6-2-1-3-7-12)11-18-20-16-8-4-5-9-17(16)21-18/h1-9,13-15H,10-11,19H2. The van der Waals surface area contributed by atoms with E-state index in [1.807, 2.05) is 24.3 Å². The Kier molecular flexibility index (Phi) is 3.00. The smallest absolute Gasteiger partial charge is 0.197 e. The summed E-state index contributed by atoms with van der Waals surface area (Å²) in [5, 5.41) is 0. The number of benzene rings is 2. The van der Waals surface area contributed by atoms with Gasteiger partial charge in [-0.2, -0.15) is 0 Å². The van der Waals surface area contributed by atoms with E-state index < -0.39 is 0 Å². The number of fused-ring (bicyclic) bond motifs is 1. The lowest BCUT2D eigenvalue weighted by molar-refractivity contribution is 0.471. The molecule has 0 spiro atoms. The summed E-state index contributed by atoms with van der Waals surface area (Å²) >= 11 is 0. The maximum Gasteiger partial charge on any atom is 0.197 e. The highest BCUT2D eigenvalue weighted by Gasteiger charge is 2.42. The Bertz CT molecular complexity index is 717. The van der Waals surface area contributed by atoms with Crippen molar-refractivity contribution in [2.75, 3.05) is 0 Å². The molecule has 21 heavy (non-hydrogen) atoms. The number of nitrogens with zero attached hydrogens (tertiary/aromatic N) is 1. The Hall–Kier alpha value is -2.13. The monoisotopic (exact) mass is 278 g/mol. The molecule has 2 aromatic carbocycles. The van der Waals surface area contributed by atoms with Crippen molar-refractivity contribution in [3.05, 3.63) is 66.1 Å². The molecule has 0 bridgehead atoms. The van der Waals surface area contributed by atoms with Gasteiger partial charge in [-0.1, -0.05) is 42.5 Å². The first-order chi connectivity index (χ1) is 10.3. The Morgan fingerprint density at radius 2 is 1.86 bits per heavy atom. The minimum absolute atomic E-state index is 0.114. The van der Waals surface area contributed by atoms with Crippen molar-refractivity contribution in [2.24, 2.45) is 11.7 Å². The normalized spacial score (nSPS) is 22.3. The number of oxazole rings is 1. The first-order valence-electron chi connectivity index (χ1n) is 7.46. The molecule has 3 atom stereocenters. The molecule has 3 heteroatoms. The van der Waals surface area contributed by atoms with Crippen molar-refractivity contribution >= 4 is 11.1 Å². The van der Waals surface area contributed by atoms with Gasteiger partial charge in [-0.05, 0) is 36.0 Å². The summed E-state index contributed by atoms with van der Waals surface area (Å²) in [5.41, 5.74) is 9.51. The predicted molar refractivity (Wildman–Crippen MR) is 83.0 cm³/mol. The minimum Gasteiger partial charge on any atom is -0.441 e. The molecule has 1 aliphatic rings. The molecule has 3 unspecified atom stereocenters. The third-order valence-corrected chi connectivity index (χ3v) is 4.37. The number of para-hydroxylation sites is 2. The van der Waals surface area contributed by atoms with Crippen molar-refractivity contribution in [3.63, 3.8) is 0 Å². The fourth-order valence-corrected chi connectivity index (χ4v) is 3.13. The maximum absolute atomic E-state index is 6.36. The summed E-state index contributed by atoms with van der Waals surface area (Å²) in [6.45, 7) is 0. The Morgan fingerprint density at radius 1 is 1.10 bits per heavy atom. The fraction of sp³-hybridized carbons (Fsp3) is 0.278. The van der Waals surface area contributed by atoms with Crippen LogP contribution < -0.4 is 5.73 Å². The van der Waals surface area contributed by atoms with Crippen LogP contribution in [0.15, 0.2) is 59.0 Å². The summed E-state index contributed by atoms with van der Waals surface area (Å²) in [5.74, 6) is 1.90. The lowest BCUT2D eigenvalue weighted by Gasteiger charge is -2.08. The molecule has 1 heterocycles. The highest BCUT2D eigenvalue weighted by Crippen LogP contribution is 2.49. The summed E-state index contributed by atoms with van der Waals surface area (Å²) in [6.07, 6.45) is 1.88. The van der Waals surface area contributed by atoms with Gasteiger partial charge in [-0.15, -0.1) is 0 Å². The predicted octanol–water partition coefficient (Wildman–Crippen LogP) is 3.50. The van der Waals surface area contributed by atoms with E-state index >= 15 is 0 Å². The molecule has 1 fully saturated rings. The zero-order chi connectivity index (χ0) is 14.2. The number of hydrogen-bond donors (Lipinski definition) is 1. The lowest BCUT2D eigenvalue weighted by atomic mass is 10.0. The molecule has 1 saturated carbocycles. The van der Waals surface area contributed by atoms with Gasteiger partial charge in [0.15, 0.2) is 11.5 Å². The van der Waals surface area contributed by atoms with Crippen LogP contribution in [-0.4, -0.2) is 11.0 Å². The summed E-state index contributed by atoms with van der Waals surface area (Å²) in [4.78, 5) is 4.51. The first-order valence-corrected chi connectivity index (χ1v) is 7.46. The zero-order valence-electron chi connectivity index (χ0n) is 11.8. The van der Waals surface area contributed by atoms with Crippen molar-refractivity contribution in [2.45, 2.75) is 24.8 Å². The van der Waals surface area contributed by atoms with Crippen molar-refractivity contribution in [1.29, 1.82) is 0 Å². The summed E-state index contributed by atoms with van der Waals surface area (Å²) in [7, 11) is 0. The molecule has 0 saturated heterocycles. The zero-order valence-corrected chi connectivity index (χ0v) is 11.8. The van der Waals surface area contributed by atoms with Crippen LogP contribution in [0.3, 0.4) is 0 Å². The van der Waals surface area contributed by atoms with Gasteiger partial charge in [-0.25, -0.2) is 4.98 Å². The van der Waals surface area contributed by atoms with Crippen molar-refractivity contribution in [3.8, 4) is 0 Å². The van der Waals surface area contributed by atoms with Crippen LogP contribution in [-0.2, 0) is 6.42 Å². The van der Waals surface area contributed by atoms with Gasteiger partial charge in [0.1, 0.15) is 5.52 Å². The van der Waals surface area contributed by atoms with Gasteiger partial charge in [0.25, 0.3) is 0 Å². The molecule has 0 amide bonds. The third-order valence-electron chi connectivity index (χ3n) is 4.37. The van der Waals surface area contributed by atoms with Gasteiger partial charge < -0.3 is 10.2 Å². The highest BCUT2D eigenvalue weighted by atomic mass is 16.3. The maximum atomic E-state index is 6.36. The molecule has 1 aromatic heterocycles. The highest BCUT2D eigenvalue weighted by molar-refractivity contribution is 5.72. The van der Waals surface area contributed by atoms with E-state index in [0.29, 0.717) is 18.3 Å². The van der Waals surface area contributed by atoms with E-state index in [0.717, 1.165) is 17.0 Å². The van der Waals surface area contributed by atoms with Crippen LogP contribution in [0.1, 0.15) is 23.8 Å². The van der Waals surface area contributed by atoms with Crippen LogP contribution in [0.4, 0.5) is 0 Å². The molecule has 0 aliphatic heterocycles. The number of hydrogen-bond acceptors (Lipinski definition) is 3. The molecule has 3 aromatic rings. The van der Waals surface area contributed by atoms with Gasteiger partial charge in [-0.3, -0.25) is 0 Å². The molecule has 3 nitrogen and oxygen atoms in total. The number of aromatic nitrogens is 1. The van der Waals surface area contributed by atoms with Crippen molar-refractivity contribution < 1.29 is 4.42 Å². The molecule has 1 aliphatic carbocycles. The molecule has 0 radical (unpaired) electrons. The Labute approximate surface area is 123 Å². The second-order valence-corrected chi connectivity index (χ2v) is 5.86. The Balaban J connectivity index is 1.46. The first kappa shape index (κ1) is 12.6. The van der Waals surface area contributed by atoms with E-state index in [-0.39, 0.29) is 6.04 Å². The lowest BCUT2D eigenvalue weighted by Crippen LogP contribution is -2.26. The largest absolute Gasteiger partial charge is 0.441 e. The average Bonchev–Trinajstić information content (AvgIpc) is 3.22. The van der Waals surface area contributed by atoms with Crippen LogP contribution in [0.5, 0.6) is 0 Å². The molecular weight excluding hydrogens is 260 g/mol. The molecule has 4 rings (SSSR count). The third kappa shape index (κ3) is 2.45. The van der Waals surface area contributed by atoms with Crippen LogP contribution in [0, 0.1) is 5.92 Å². The van der Waals surface area contributed by atoms with Gasteiger partial charge >= 0.3 is 0 Å². The second-order valence-electron chi connectivity index (χ2n) is 5.86. The van der Waals surface area contributed by atoms with Gasteiger partial charge in [0, 0.05) is 12.5 Å². The van der Waals surface area contributed by atoms with Crippen molar-refractivity contribution in [1.82, 2.24) is 4.98 Å². The fourth-order valence-electron chi connectivity index (χ4n) is 3.13. The number of nitrogens with two attached hydrogens (primary N) is 1. The molecular formula is C18H18N2O. The summed E-state index contributed by atoms with van der Waals surface area (Å²) in [6, 6.07) is 18.6. The van der Waals surface area contributed by atoms with Crippen LogP contribution in [0.2, 0.25) is 0 Å². The average molecular weight is 278 g/mol. The van der Waals surface area contributed by atoms with E-state index in [1.165, 1.54) is 12.0 Å². The molecule has 2 N–H and O–H groups in total. The second kappa shape index (κ2) is 5.01. The number of rotatable bonds is 4. The SMILES string of the molecule is NC(Cc1nc2ccccc2o1)C1CC1c1ccccc1. The van der Waals surface area contributed by atoms with E-state index in [9.17, 15) is 0 Å². The topological polar surface area (TPSA) is 52.0 Å². The molecule has 106 valence electrons. The van der Waals surface area contributed by atoms with E-state index in [2.05, 4.69) is 35.3 Å². The van der Waals surface area contributed by atoms with Gasteiger partial charge in [0.2, 0.25) is 0 Å². The van der Waals surface area contributed by atoms with E-state index in [4.69, 9.17) is 10.2 Å². The minimum atomic E-state index is 0.114. The van der Waals surface area contributed by atoms with E-state index in [1.54, 1.807) is 0 Å².